The topological polar surface area (TPSA) is 67.9 Å². The molecule has 6 heteroatoms. The van der Waals surface area contributed by atoms with Crippen molar-refractivity contribution in [3.8, 4) is 17.0 Å². The number of nitrogens with zero attached hydrogens (tertiary/aromatic N) is 2. The van der Waals surface area contributed by atoms with E-state index in [0.717, 1.165) is 17.2 Å². The lowest BCUT2D eigenvalue weighted by Crippen LogP contribution is -1.91. The fourth-order valence-electron chi connectivity index (χ4n) is 2.07. The molecule has 0 saturated heterocycles. The summed E-state index contributed by atoms with van der Waals surface area (Å²) in [6, 6.07) is 8.69. The molecule has 0 amide bonds. The van der Waals surface area contributed by atoms with Gasteiger partial charge in [0.05, 0.1) is 7.11 Å². The number of hydrogen-bond acceptors (Lipinski definition) is 4. The van der Waals surface area contributed by atoms with Crippen LogP contribution >= 0.6 is 11.6 Å². The van der Waals surface area contributed by atoms with Crippen molar-refractivity contribution in [2.75, 3.05) is 7.11 Å². The number of aldehydes is 1. The van der Waals surface area contributed by atoms with E-state index in [1.165, 1.54) is 0 Å². The fraction of sp³-hybridized carbons (Fsp3) is 0.0714. The van der Waals surface area contributed by atoms with Gasteiger partial charge in [0.25, 0.3) is 0 Å². The van der Waals surface area contributed by atoms with Crippen LogP contribution in [0.3, 0.4) is 0 Å². The van der Waals surface area contributed by atoms with Gasteiger partial charge in [0, 0.05) is 16.5 Å². The Labute approximate surface area is 119 Å². The van der Waals surface area contributed by atoms with E-state index in [0.29, 0.717) is 27.8 Å². The summed E-state index contributed by atoms with van der Waals surface area (Å²) in [6.45, 7) is 0. The molecule has 100 valence electrons. The molecule has 0 radical (unpaired) electrons. The lowest BCUT2D eigenvalue weighted by molar-refractivity contribution is 0.112. The molecule has 2 aromatic heterocycles. The molecular formula is C14H10ClN3O2. The smallest absolute Gasteiger partial charge is 0.157 e. The molecular weight excluding hydrogens is 278 g/mol. The molecule has 0 aliphatic carbocycles. The molecule has 0 fully saturated rings. The minimum Gasteiger partial charge on any atom is -0.496 e. The average molecular weight is 288 g/mol. The molecule has 5 nitrogen and oxygen atoms in total. The number of aromatic nitrogens is 3. The number of aromatic amines is 1. The minimum absolute atomic E-state index is 0.390. The Morgan fingerprint density at radius 3 is 2.90 bits per heavy atom. The highest BCUT2D eigenvalue weighted by Crippen LogP contribution is 2.33. The maximum absolute atomic E-state index is 10.9. The second-order valence-corrected chi connectivity index (χ2v) is 4.57. The number of carbonyl (C=O) groups excluding carboxylic acids is 1. The quantitative estimate of drug-likeness (QED) is 0.594. The predicted octanol–water partition coefficient (Wildman–Crippen LogP) is 3.10. The van der Waals surface area contributed by atoms with Crippen LogP contribution in [0.15, 0.2) is 30.3 Å². The third kappa shape index (κ3) is 2.02. The molecule has 0 bridgehead atoms. The second kappa shape index (κ2) is 4.94. The summed E-state index contributed by atoms with van der Waals surface area (Å²) in [5.41, 5.74) is 2.54. The number of methoxy groups -OCH3 is 1. The van der Waals surface area contributed by atoms with Crippen LogP contribution in [0.2, 0.25) is 5.15 Å². The number of fused-ring (bicyclic) bond motifs is 1. The van der Waals surface area contributed by atoms with E-state index in [1.807, 2.05) is 6.07 Å². The third-order valence-corrected chi connectivity index (χ3v) is 3.22. The average Bonchev–Trinajstić information content (AvgIpc) is 2.89. The number of H-pyrrole nitrogens is 1. The van der Waals surface area contributed by atoms with Crippen molar-refractivity contribution < 1.29 is 9.53 Å². The predicted molar refractivity (Wildman–Crippen MR) is 76.3 cm³/mol. The molecule has 3 rings (SSSR count). The van der Waals surface area contributed by atoms with Crippen LogP contribution in [-0.4, -0.2) is 28.6 Å². The van der Waals surface area contributed by atoms with Crippen LogP contribution < -0.4 is 4.74 Å². The Balaban J connectivity index is 2.27. The zero-order valence-electron chi connectivity index (χ0n) is 10.6. The van der Waals surface area contributed by atoms with E-state index in [-0.39, 0.29) is 0 Å². The van der Waals surface area contributed by atoms with Gasteiger partial charge in [-0.2, -0.15) is 5.10 Å². The van der Waals surface area contributed by atoms with Crippen LogP contribution in [0, 0.1) is 0 Å². The van der Waals surface area contributed by atoms with Crippen molar-refractivity contribution in [2.45, 2.75) is 0 Å². The van der Waals surface area contributed by atoms with Gasteiger partial charge in [-0.3, -0.25) is 9.89 Å². The zero-order chi connectivity index (χ0) is 14.1. The SMILES string of the molecule is COc1ccc(C=O)cc1-c1n[nH]c2nc(Cl)ccc12. The third-order valence-electron chi connectivity index (χ3n) is 3.00. The van der Waals surface area contributed by atoms with E-state index in [1.54, 1.807) is 31.4 Å². The molecule has 0 atom stereocenters. The summed E-state index contributed by atoms with van der Waals surface area (Å²) in [7, 11) is 1.57. The van der Waals surface area contributed by atoms with E-state index in [2.05, 4.69) is 15.2 Å². The molecule has 0 spiro atoms. The first-order chi connectivity index (χ1) is 9.72. The van der Waals surface area contributed by atoms with Crippen LogP contribution in [-0.2, 0) is 0 Å². The fourth-order valence-corrected chi connectivity index (χ4v) is 2.22. The van der Waals surface area contributed by atoms with Crippen LogP contribution in [0.4, 0.5) is 0 Å². The number of rotatable bonds is 3. The number of ether oxygens (including phenoxy) is 1. The molecule has 2 heterocycles. The van der Waals surface area contributed by atoms with Crippen molar-refractivity contribution in [3.05, 3.63) is 41.0 Å². The lowest BCUT2D eigenvalue weighted by atomic mass is 10.1. The monoisotopic (exact) mass is 287 g/mol. The van der Waals surface area contributed by atoms with Crippen molar-refractivity contribution in [3.63, 3.8) is 0 Å². The normalized spacial score (nSPS) is 10.7. The lowest BCUT2D eigenvalue weighted by Gasteiger charge is -2.07. The Morgan fingerprint density at radius 2 is 2.15 bits per heavy atom. The van der Waals surface area contributed by atoms with E-state index < -0.39 is 0 Å². The first kappa shape index (κ1) is 12.6. The van der Waals surface area contributed by atoms with Gasteiger partial charge in [0.2, 0.25) is 0 Å². The van der Waals surface area contributed by atoms with Crippen LogP contribution in [0.5, 0.6) is 5.75 Å². The minimum atomic E-state index is 0.390. The highest BCUT2D eigenvalue weighted by atomic mass is 35.5. The summed E-state index contributed by atoms with van der Waals surface area (Å²) < 4.78 is 5.32. The Hall–Kier alpha value is -2.40. The molecule has 1 aromatic carbocycles. The van der Waals surface area contributed by atoms with Gasteiger partial charge < -0.3 is 4.74 Å². The summed E-state index contributed by atoms with van der Waals surface area (Å²) in [6.07, 6.45) is 0.785. The molecule has 0 aliphatic heterocycles. The highest BCUT2D eigenvalue weighted by molar-refractivity contribution is 6.29. The van der Waals surface area contributed by atoms with Gasteiger partial charge in [0.15, 0.2) is 5.65 Å². The van der Waals surface area contributed by atoms with Crippen LogP contribution in [0.1, 0.15) is 10.4 Å². The van der Waals surface area contributed by atoms with Crippen molar-refractivity contribution >= 4 is 28.9 Å². The van der Waals surface area contributed by atoms with Crippen molar-refractivity contribution in [2.24, 2.45) is 0 Å². The van der Waals surface area contributed by atoms with E-state index in [9.17, 15) is 4.79 Å². The molecule has 0 aliphatic rings. The Bertz CT molecular complexity index is 798. The maximum atomic E-state index is 10.9. The van der Waals surface area contributed by atoms with Gasteiger partial charge in [0.1, 0.15) is 22.9 Å². The number of benzene rings is 1. The van der Waals surface area contributed by atoms with Gasteiger partial charge in [-0.15, -0.1) is 0 Å². The van der Waals surface area contributed by atoms with E-state index in [4.69, 9.17) is 16.3 Å². The summed E-state index contributed by atoms with van der Waals surface area (Å²) in [5, 5.41) is 8.28. The second-order valence-electron chi connectivity index (χ2n) is 4.18. The van der Waals surface area contributed by atoms with Gasteiger partial charge >= 0.3 is 0 Å². The van der Waals surface area contributed by atoms with Gasteiger partial charge in [-0.1, -0.05) is 11.6 Å². The highest BCUT2D eigenvalue weighted by Gasteiger charge is 2.14. The number of pyridine rings is 1. The number of halogens is 1. The summed E-state index contributed by atoms with van der Waals surface area (Å²) in [4.78, 5) is 15.1. The molecule has 20 heavy (non-hydrogen) atoms. The summed E-state index contributed by atoms with van der Waals surface area (Å²) >= 11 is 5.85. The largest absolute Gasteiger partial charge is 0.496 e. The number of hydrogen-bond donors (Lipinski definition) is 1. The van der Waals surface area contributed by atoms with Gasteiger partial charge in [-0.25, -0.2) is 4.98 Å². The number of carbonyl (C=O) groups is 1. The molecule has 0 saturated carbocycles. The Morgan fingerprint density at radius 1 is 1.30 bits per heavy atom. The summed E-state index contributed by atoms with van der Waals surface area (Å²) in [5.74, 6) is 0.638. The van der Waals surface area contributed by atoms with Crippen LogP contribution in [0.25, 0.3) is 22.3 Å². The van der Waals surface area contributed by atoms with Crippen molar-refractivity contribution in [1.29, 1.82) is 0 Å². The molecule has 3 aromatic rings. The first-order valence-electron chi connectivity index (χ1n) is 5.87. The zero-order valence-corrected chi connectivity index (χ0v) is 11.3. The van der Waals surface area contributed by atoms with Gasteiger partial charge in [-0.05, 0) is 30.3 Å². The molecule has 1 N–H and O–H groups in total. The van der Waals surface area contributed by atoms with Crippen molar-refractivity contribution in [1.82, 2.24) is 15.2 Å². The maximum Gasteiger partial charge on any atom is 0.157 e. The van der Waals surface area contributed by atoms with E-state index >= 15 is 0 Å². The molecule has 0 unspecified atom stereocenters. The first-order valence-corrected chi connectivity index (χ1v) is 6.25. The number of nitrogens with one attached hydrogen (secondary N) is 1. The Kier molecular flexibility index (Phi) is 3.12. The standard InChI is InChI=1S/C14H10ClN3O2/c1-20-11-4-2-8(7-19)6-10(11)13-9-3-5-12(15)16-14(9)18-17-13/h2-7H,1H3,(H,16,17,18).